The van der Waals surface area contributed by atoms with Crippen LogP contribution in [0.3, 0.4) is 0 Å². The van der Waals surface area contributed by atoms with Crippen LogP contribution in [0, 0.1) is 5.41 Å². The third kappa shape index (κ3) is 2.95. The predicted octanol–water partition coefficient (Wildman–Crippen LogP) is 2.05. The summed E-state index contributed by atoms with van der Waals surface area (Å²) in [6, 6.07) is 0. The zero-order valence-corrected chi connectivity index (χ0v) is 18.1. The molecule has 4 aliphatic rings. The average Bonchev–Trinajstić information content (AvgIpc) is 3.17. The van der Waals surface area contributed by atoms with Crippen LogP contribution in [0.25, 0.3) is 0 Å². The minimum absolute atomic E-state index is 0.0484. The number of ether oxygens (including phenoxy) is 2. The number of nitrogens with one attached hydrogen (secondary N) is 1. The van der Waals surface area contributed by atoms with E-state index >= 15 is 0 Å². The number of anilines is 1. The fourth-order valence-corrected chi connectivity index (χ4v) is 8.97. The summed E-state index contributed by atoms with van der Waals surface area (Å²) in [5.74, 6) is 0.771. The second kappa shape index (κ2) is 6.92. The minimum Gasteiger partial charge on any atom is -0.379 e. The van der Waals surface area contributed by atoms with Crippen molar-refractivity contribution in [2.75, 3.05) is 57.9 Å². The number of morpholine rings is 2. The van der Waals surface area contributed by atoms with E-state index in [0.717, 1.165) is 51.8 Å². The van der Waals surface area contributed by atoms with E-state index in [2.05, 4.69) is 49.3 Å². The minimum atomic E-state index is -2.30. The first-order chi connectivity index (χ1) is 13.5. The molecule has 0 spiro atoms. The van der Waals surface area contributed by atoms with Gasteiger partial charge in [-0.3, -0.25) is 9.01 Å². The predicted molar refractivity (Wildman–Crippen MR) is 112 cm³/mol. The lowest BCUT2D eigenvalue weighted by molar-refractivity contribution is 0.0539. The van der Waals surface area contributed by atoms with Gasteiger partial charge in [-0.1, -0.05) is 31.7 Å². The summed E-state index contributed by atoms with van der Waals surface area (Å²) in [5, 5.41) is 13.4. The van der Waals surface area contributed by atoms with E-state index < -0.39 is 6.34 Å². The lowest BCUT2D eigenvalue weighted by Gasteiger charge is -2.48. The second-order valence-corrected chi connectivity index (χ2v) is 12.4. The van der Waals surface area contributed by atoms with Crippen LogP contribution in [0.2, 0.25) is 0 Å². The van der Waals surface area contributed by atoms with Crippen molar-refractivity contribution >= 4 is 24.1 Å². The maximum absolute atomic E-state index is 6.57. The van der Waals surface area contributed by atoms with Crippen molar-refractivity contribution in [2.24, 2.45) is 5.41 Å². The first-order valence-corrected chi connectivity index (χ1v) is 12.6. The number of nitrogens with zero attached hydrogens (tertiary/aromatic N) is 5. The molecule has 4 heterocycles. The van der Waals surface area contributed by atoms with E-state index in [9.17, 15) is 0 Å². The molecule has 1 aliphatic carbocycles. The van der Waals surface area contributed by atoms with Crippen molar-refractivity contribution < 1.29 is 9.47 Å². The van der Waals surface area contributed by atoms with Crippen molar-refractivity contribution in [2.45, 2.75) is 20.3 Å². The van der Waals surface area contributed by atoms with E-state index in [1.165, 1.54) is 16.7 Å². The van der Waals surface area contributed by atoms with Crippen molar-refractivity contribution in [1.82, 2.24) is 24.1 Å². The van der Waals surface area contributed by atoms with Crippen LogP contribution in [0.1, 0.15) is 20.3 Å². The lowest BCUT2D eigenvalue weighted by atomic mass is 9.82. The summed E-state index contributed by atoms with van der Waals surface area (Å²) in [5.41, 5.74) is 2.54. The highest BCUT2D eigenvalue weighted by Crippen LogP contribution is 2.67. The number of allylic oxidation sites excluding steroid dienone is 3. The molecule has 1 atom stereocenters. The highest BCUT2D eigenvalue weighted by molar-refractivity contribution is 8.14. The van der Waals surface area contributed by atoms with Gasteiger partial charge in [0, 0.05) is 37.6 Å². The molecule has 0 radical (unpaired) electrons. The van der Waals surface area contributed by atoms with Crippen molar-refractivity contribution in [3.8, 4) is 0 Å². The standard InChI is InChI=1S/C18H27N6O2PS/c1-18(2)11-14-16(15(12-18)22-3-7-25-8-4-22)27(28,23-5-9-26-10-6-23)24-13-19-21-17(24)20-14/h12-13H,3-11H2,1-2H3,(H,20,21). The molecule has 0 amide bonds. The molecule has 0 bridgehead atoms. The Hall–Kier alpha value is -1.25. The van der Waals surface area contributed by atoms with Crippen LogP contribution >= 0.6 is 6.34 Å². The van der Waals surface area contributed by atoms with Gasteiger partial charge in [-0.25, -0.2) is 0 Å². The molecule has 1 unspecified atom stereocenters. The molecule has 2 fully saturated rings. The molecule has 28 heavy (non-hydrogen) atoms. The molecule has 8 nitrogen and oxygen atoms in total. The fraction of sp³-hybridized carbons (Fsp3) is 0.667. The Kier molecular flexibility index (Phi) is 4.63. The Bertz CT molecular complexity index is 882. The zero-order chi connectivity index (χ0) is 19.4. The molecule has 152 valence electrons. The molecule has 3 aliphatic heterocycles. The molecular formula is C18H27N6O2PS. The van der Waals surface area contributed by atoms with Gasteiger partial charge in [-0.05, 0) is 11.8 Å². The maximum Gasteiger partial charge on any atom is 0.233 e. The lowest BCUT2D eigenvalue weighted by Crippen LogP contribution is -2.42. The Morgan fingerprint density at radius 3 is 2.50 bits per heavy atom. The van der Waals surface area contributed by atoms with E-state index in [1.807, 2.05) is 0 Å². The van der Waals surface area contributed by atoms with Gasteiger partial charge in [-0.15, -0.1) is 10.2 Å². The quantitative estimate of drug-likeness (QED) is 0.727. The van der Waals surface area contributed by atoms with Crippen LogP contribution in [0.15, 0.2) is 29.1 Å². The van der Waals surface area contributed by atoms with Crippen LogP contribution < -0.4 is 5.32 Å². The smallest absolute Gasteiger partial charge is 0.233 e. The molecule has 10 heteroatoms. The average molecular weight is 422 g/mol. The van der Waals surface area contributed by atoms with Crippen molar-refractivity contribution in [3.63, 3.8) is 0 Å². The molecule has 0 saturated carbocycles. The molecule has 1 aromatic rings. The van der Waals surface area contributed by atoms with Gasteiger partial charge in [0.1, 0.15) is 12.7 Å². The fourth-order valence-electron chi connectivity index (χ4n) is 4.51. The summed E-state index contributed by atoms with van der Waals surface area (Å²) in [6.07, 6.45) is 2.86. The third-order valence-electron chi connectivity index (χ3n) is 5.79. The van der Waals surface area contributed by atoms with E-state index in [-0.39, 0.29) is 5.41 Å². The summed E-state index contributed by atoms with van der Waals surface area (Å²) in [7, 11) is 0. The van der Waals surface area contributed by atoms with Crippen molar-refractivity contribution in [1.29, 1.82) is 0 Å². The SMILES string of the molecule is CC1(C)C=C(N2CCOCC2)C2=C(C1)Nc1nncn1P2(=S)N1CCOCC1. The molecule has 5 rings (SSSR count). The van der Waals surface area contributed by atoms with Crippen LogP contribution in [0.4, 0.5) is 5.95 Å². The molecule has 2 saturated heterocycles. The van der Waals surface area contributed by atoms with Gasteiger partial charge < -0.3 is 19.7 Å². The monoisotopic (exact) mass is 422 g/mol. The Morgan fingerprint density at radius 2 is 1.79 bits per heavy atom. The Balaban J connectivity index is 1.67. The van der Waals surface area contributed by atoms with Crippen LogP contribution in [-0.2, 0) is 21.3 Å². The molecule has 0 aromatic carbocycles. The van der Waals surface area contributed by atoms with Crippen molar-refractivity contribution in [3.05, 3.63) is 29.1 Å². The summed E-state index contributed by atoms with van der Waals surface area (Å²) in [6.45, 7) is 11.0. The second-order valence-electron chi connectivity index (χ2n) is 8.36. The first kappa shape index (κ1) is 18.8. The van der Waals surface area contributed by atoms with Gasteiger partial charge >= 0.3 is 0 Å². The van der Waals surface area contributed by atoms with Gasteiger partial charge in [0.2, 0.25) is 5.95 Å². The van der Waals surface area contributed by atoms with Gasteiger partial charge in [0.05, 0.1) is 31.7 Å². The Labute approximate surface area is 170 Å². The van der Waals surface area contributed by atoms with E-state index in [4.69, 9.17) is 21.3 Å². The highest BCUT2D eigenvalue weighted by atomic mass is 32.4. The van der Waals surface area contributed by atoms with Gasteiger partial charge in [0.15, 0.2) is 0 Å². The normalized spacial score (nSPS) is 30.4. The maximum atomic E-state index is 6.57. The summed E-state index contributed by atoms with van der Waals surface area (Å²) >= 11 is 6.57. The van der Waals surface area contributed by atoms with E-state index in [0.29, 0.717) is 13.2 Å². The van der Waals surface area contributed by atoms with Crippen LogP contribution in [0.5, 0.6) is 0 Å². The van der Waals surface area contributed by atoms with Gasteiger partial charge in [0.25, 0.3) is 0 Å². The number of hydrogen-bond acceptors (Lipinski definition) is 7. The van der Waals surface area contributed by atoms with Gasteiger partial charge in [-0.2, -0.15) is 0 Å². The highest BCUT2D eigenvalue weighted by Gasteiger charge is 2.45. The number of hydrogen-bond donors (Lipinski definition) is 1. The largest absolute Gasteiger partial charge is 0.379 e. The molecule has 1 N–H and O–H groups in total. The topological polar surface area (TPSA) is 67.7 Å². The summed E-state index contributed by atoms with van der Waals surface area (Å²) < 4.78 is 15.8. The first-order valence-electron chi connectivity index (χ1n) is 9.90. The summed E-state index contributed by atoms with van der Waals surface area (Å²) in [4.78, 5) is 2.46. The molecule has 1 aromatic heterocycles. The van der Waals surface area contributed by atoms with E-state index in [1.54, 1.807) is 6.33 Å². The number of aromatic nitrogens is 3. The Morgan fingerprint density at radius 1 is 1.11 bits per heavy atom. The number of rotatable bonds is 2. The van der Waals surface area contributed by atoms with Crippen LogP contribution in [-0.4, -0.2) is 76.7 Å². The third-order valence-corrected chi connectivity index (χ3v) is 10.7. The molecular weight excluding hydrogens is 395 g/mol. The number of fused-ring (bicyclic) bond motifs is 1. The zero-order valence-electron chi connectivity index (χ0n) is 16.4.